The number of anilines is 1. The fraction of sp³-hybridized carbons (Fsp3) is 0.167. The Bertz CT molecular complexity index is 861. The summed E-state index contributed by atoms with van der Waals surface area (Å²) in [5, 5.41) is 19.4. The van der Waals surface area contributed by atoms with E-state index in [0.717, 1.165) is 11.3 Å². The van der Waals surface area contributed by atoms with Crippen LogP contribution in [-0.4, -0.2) is 32.4 Å². The Labute approximate surface area is 145 Å². The fourth-order valence-electron chi connectivity index (χ4n) is 2.44. The Morgan fingerprint density at radius 1 is 1.20 bits per heavy atom. The van der Waals surface area contributed by atoms with Gasteiger partial charge in [-0.1, -0.05) is 18.2 Å². The van der Waals surface area contributed by atoms with Crippen LogP contribution in [0.3, 0.4) is 0 Å². The number of rotatable bonds is 5. The van der Waals surface area contributed by atoms with Crippen molar-refractivity contribution in [1.29, 1.82) is 0 Å². The third-order valence-electron chi connectivity index (χ3n) is 3.55. The topological polar surface area (TPSA) is 92.1 Å². The lowest BCUT2D eigenvalue weighted by molar-refractivity contribution is 0.252. The monoisotopic (exact) mass is 337 g/mol. The van der Waals surface area contributed by atoms with Crippen LogP contribution in [0.15, 0.2) is 54.7 Å². The molecule has 3 aromatic rings. The SMILES string of the molecule is Cc1cc(NC(=O)NCCc2cccc(O)c2)n(-c2ccccn2)n1. The molecule has 0 atom stereocenters. The molecule has 0 aliphatic carbocycles. The van der Waals surface area contributed by atoms with Gasteiger partial charge in [0.2, 0.25) is 0 Å². The zero-order valence-corrected chi connectivity index (χ0v) is 13.8. The van der Waals surface area contributed by atoms with Crippen LogP contribution in [-0.2, 0) is 6.42 Å². The first-order valence-corrected chi connectivity index (χ1v) is 7.92. The number of phenols is 1. The van der Waals surface area contributed by atoms with Gasteiger partial charge in [0.1, 0.15) is 11.6 Å². The lowest BCUT2D eigenvalue weighted by Crippen LogP contribution is -2.31. The first-order valence-electron chi connectivity index (χ1n) is 7.92. The number of benzene rings is 1. The number of pyridine rings is 1. The Morgan fingerprint density at radius 2 is 2.08 bits per heavy atom. The van der Waals surface area contributed by atoms with Gasteiger partial charge in [0.25, 0.3) is 0 Å². The van der Waals surface area contributed by atoms with Gasteiger partial charge in [0.05, 0.1) is 5.69 Å². The normalized spacial score (nSPS) is 10.4. The zero-order chi connectivity index (χ0) is 17.6. The van der Waals surface area contributed by atoms with Crippen molar-refractivity contribution in [3.8, 4) is 11.6 Å². The maximum atomic E-state index is 12.1. The van der Waals surface area contributed by atoms with Crippen LogP contribution in [0, 0.1) is 6.92 Å². The van der Waals surface area contributed by atoms with Crippen LogP contribution in [0.25, 0.3) is 5.82 Å². The molecule has 0 saturated heterocycles. The van der Waals surface area contributed by atoms with Crippen LogP contribution in [0.5, 0.6) is 5.75 Å². The molecule has 0 spiro atoms. The van der Waals surface area contributed by atoms with Crippen molar-refractivity contribution >= 4 is 11.8 Å². The van der Waals surface area contributed by atoms with E-state index in [1.807, 2.05) is 31.2 Å². The third kappa shape index (κ3) is 4.35. The number of amides is 2. The molecule has 0 saturated carbocycles. The maximum Gasteiger partial charge on any atom is 0.320 e. The van der Waals surface area contributed by atoms with Crippen LogP contribution in [0.2, 0.25) is 0 Å². The van der Waals surface area contributed by atoms with Gasteiger partial charge in [-0.25, -0.2) is 9.78 Å². The smallest absolute Gasteiger partial charge is 0.320 e. The molecule has 0 bridgehead atoms. The number of hydrogen-bond acceptors (Lipinski definition) is 4. The number of carbonyl (C=O) groups excluding carboxylic acids is 1. The minimum absolute atomic E-state index is 0.219. The summed E-state index contributed by atoms with van der Waals surface area (Å²) in [6.07, 6.45) is 2.30. The van der Waals surface area contributed by atoms with Crippen LogP contribution in [0.1, 0.15) is 11.3 Å². The highest BCUT2D eigenvalue weighted by molar-refractivity contribution is 5.88. The second-order valence-electron chi connectivity index (χ2n) is 5.57. The van der Waals surface area contributed by atoms with Crippen molar-refractivity contribution in [2.45, 2.75) is 13.3 Å². The van der Waals surface area contributed by atoms with E-state index in [4.69, 9.17) is 0 Å². The summed E-state index contributed by atoms with van der Waals surface area (Å²) in [6, 6.07) is 13.9. The van der Waals surface area contributed by atoms with E-state index in [1.54, 1.807) is 35.1 Å². The van der Waals surface area contributed by atoms with Crippen LogP contribution < -0.4 is 10.6 Å². The summed E-state index contributed by atoms with van der Waals surface area (Å²) < 4.78 is 1.59. The molecule has 2 aromatic heterocycles. The standard InChI is InChI=1S/C18H19N5O2/c1-13-11-17(23(22-13)16-7-2-3-9-19-16)21-18(25)20-10-8-14-5-4-6-15(24)12-14/h2-7,9,11-12,24H,8,10H2,1H3,(H2,20,21,25). The molecule has 3 rings (SSSR count). The molecule has 0 fully saturated rings. The molecular weight excluding hydrogens is 318 g/mol. The van der Waals surface area contributed by atoms with E-state index in [2.05, 4.69) is 20.7 Å². The van der Waals surface area contributed by atoms with E-state index in [1.165, 1.54) is 0 Å². The van der Waals surface area contributed by atoms with E-state index in [9.17, 15) is 9.90 Å². The zero-order valence-electron chi connectivity index (χ0n) is 13.8. The van der Waals surface area contributed by atoms with Gasteiger partial charge in [-0.3, -0.25) is 5.32 Å². The van der Waals surface area contributed by atoms with Gasteiger partial charge in [-0.2, -0.15) is 9.78 Å². The molecule has 128 valence electrons. The van der Waals surface area contributed by atoms with Gasteiger partial charge in [-0.05, 0) is 43.2 Å². The minimum Gasteiger partial charge on any atom is -0.508 e. The molecule has 0 aliphatic rings. The average molecular weight is 337 g/mol. The average Bonchev–Trinajstić information content (AvgIpc) is 2.96. The highest BCUT2D eigenvalue weighted by Crippen LogP contribution is 2.15. The van der Waals surface area contributed by atoms with Crippen molar-refractivity contribution < 1.29 is 9.90 Å². The number of nitrogens with zero attached hydrogens (tertiary/aromatic N) is 3. The number of urea groups is 1. The van der Waals surface area contributed by atoms with Gasteiger partial charge in [0.15, 0.2) is 5.82 Å². The molecule has 0 aliphatic heterocycles. The van der Waals surface area contributed by atoms with Crippen LogP contribution >= 0.6 is 0 Å². The lowest BCUT2D eigenvalue weighted by Gasteiger charge is -2.09. The number of phenolic OH excluding ortho intramolecular Hbond substituents is 1. The van der Waals surface area contributed by atoms with E-state index in [-0.39, 0.29) is 11.8 Å². The largest absolute Gasteiger partial charge is 0.508 e. The number of aromatic nitrogens is 3. The highest BCUT2D eigenvalue weighted by Gasteiger charge is 2.11. The Hall–Kier alpha value is -3.35. The lowest BCUT2D eigenvalue weighted by atomic mass is 10.1. The van der Waals surface area contributed by atoms with Crippen molar-refractivity contribution in [3.05, 3.63) is 66.0 Å². The molecular formula is C18H19N5O2. The Balaban J connectivity index is 1.60. The fourth-order valence-corrected chi connectivity index (χ4v) is 2.44. The van der Waals surface area contributed by atoms with E-state index < -0.39 is 0 Å². The Morgan fingerprint density at radius 3 is 2.84 bits per heavy atom. The number of aryl methyl sites for hydroxylation is 1. The first kappa shape index (κ1) is 16.5. The second-order valence-corrected chi connectivity index (χ2v) is 5.57. The molecule has 7 nitrogen and oxygen atoms in total. The van der Waals surface area contributed by atoms with E-state index >= 15 is 0 Å². The number of nitrogens with one attached hydrogen (secondary N) is 2. The number of aromatic hydroxyl groups is 1. The van der Waals surface area contributed by atoms with E-state index in [0.29, 0.717) is 24.6 Å². The molecule has 0 unspecified atom stereocenters. The van der Waals surface area contributed by atoms with Crippen molar-refractivity contribution in [1.82, 2.24) is 20.1 Å². The molecule has 0 radical (unpaired) electrons. The number of hydrogen-bond donors (Lipinski definition) is 3. The molecule has 1 aromatic carbocycles. The number of carbonyl (C=O) groups is 1. The molecule has 7 heteroatoms. The quantitative estimate of drug-likeness (QED) is 0.667. The summed E-state index contributed by atoms with van der Waals surface area (Å²) in [6.45, 7) is 2.30. The maximum absolute atomic E-state index is 12.1. The summed E-state index contributed by atoms with van der Waals surface area (Å²) in [4.78, 5) is 16.4. The summed E-state index contributed by atoms with van der Waals surface area (Å²) >= 11 is 0. The molecule has 2 amide bonds. The first-order chi connectivity index (χ1) is 12.1. The Kier molecular flexibility index (Phi) is 4.94. The third-order valence-corrected chi connectivity index (χ3v) is 3.55. The minimum atomic E-state index is -0.322. The van der Waals surface area contributed by atoms with Gasteiger partial charge in [-0.15, -0.1) is 0 Å². The van der Waals surface area contributed by atoms with Crippen molar-refractivity contribution in [2.24, 2.45) is 0 Å². The van der Waals surface area contributed by atoms with Gasteiger partial charge >= 0.3 is 6.03 Å². The van der Waals surface area contributed by atoms with Gasteiger partial charge < -0.3 is 10.4 Å². The molecule has 3 N–H and O–H groups in total. The van der Waals surface area contributed by atoms with Crippen LogP contribution in [0.4, 0.5) is 10.6 Å². The van der Waals surface area contributed by atoms with Crippen molar-refractivity contribution in [2.75, 3.05) is 11.9 Å². The predicted octanol–water partition coefficient (Wildman–Crippen LogP) is 2.65. The molecule has 2 heterocycles. The van der Waals surface area contributed by atoms with Gasteiger partial charge in [0, 0.05) is 18.8 Å². The summed E-state index contributed by atoms with van der Waals surface area (Å²) in [7, 11) is 0. The molecule has 25 heavy (non-hydrogen) atoms. The summed E-state index contributed by atoms with van der Waals surface area (Å²) in [5.41, 5.74) is 1.73. The highest BCUT2D eigenvalue weighted by atomic mass is 16.3. The second kappa shape index (κ2) is 7.48. The predicted molar refractivity (Wildman–Crippen MR) is 94.9 cm³/mol. The summed E-state index contributed by atoms with van der Waals surface area (Å²) in [5.74, 6) is 1.40. The van der Waals surface area contributed by atoms with Crippen molar-refractivity contribution in [3.63, 3.8) is 0 Å².